The van der Waals surface area contributed by atoms with Gasteiger partial charge < -0.3 is 9.64 Å². The zero-order valence-electron chi connectivity index (χ0n) is 10.4. The van der Waals surface area contributed by atoms with E-state index in [0.717, 1.165) is 20.0 Å². The molecular formula is C12H18F3NO2. The third-order valence-electron chi connectivity index (χ3n) is 3.78. The van der Waals surface area contributed by atoms with Crippen LogP contribution in [0.1, 0.15) is 25.7 Å². The fourth-order valence-corrected chi connectivity index (χ4v) is 2.60. The Morgan fingerprint density at radius 1 is 1.22 bits per heavy atom. The first kappa shape index (κ1) is 13.6. The molecule has 0 spiro atoms. The van der Waals surface area contributed by atoms with Gasteiger partial charge in [-0.15, -0.1) is 0 Å². The van der Waals surface area contributed by atoms with Crippen molar-refractivity contribution < 1.29 is 22.7 Å². The Balaban J connectivity index is 1.87. The molecule has 2 rings (SSSR count). The van der Waals surface area contributed by atoms with E-state index < -0.39 is 18.2 Å². The number of methoxy groups -OCH3 is 1. The highest BCUT2D eigenvalue weighted by Gasteiger charge is 2.46. The van der Waals surface area contributed by atoms with Gasteiger partial charge in [-0.25, -0.2) is 0 Å². The fourth-order valence-electron chi connectivity index (χ4n) is 2.60. The Kier molecular flexibility index (Phi) is 3.84. The van der Waals surface area contributed by atoms with Crippen LogP contribution in [0.3, 0.4) is 0 Å². The summed E-state index contributed by atoms with van der Waals surface area (Å²) in [5.41, 5.74) is 0. The lowest BCUT2D eigenvalue weighted by Gasteiger charge is -2.36. The summed E-state index contributed by atoms with van der Waals surface area (Å²) in [7, 11) is 1.10. The van der Waals surface area contributed by atoms with Gasteiger partial charge >= 0.3 is 6.18 Å². The molecule has 0 bridgehead atoms. The van der Waals surface area contributed by atoms with Crippen LogP contribution in [0.15, 0.2) is 0 Å². The molecule has 1 aliphatic carbocycles. The number of rotatable bonds is 3. The number of ether oxygens (including phenoxy) is 1. The first-order valence-corrected chi connectivity index (χ1v) is 6.31. The number of alkyl halides is 3. The SMILES string of the molecule is COC(C1CCN(C(=O)C2CC2)CC1)C(F)(F)F. The largest absolute Gasteiger partial charge is 0.414 e. The van der Waals surface area contributed by atoms with Crippen molar-refractivity contribution in [2.75, 3.05) is 20.2 Å². The molecule has 3 nitrogen and oxygen atoms in total. The van der Waals surface area contributed by atoms with Gasteiger partial charge in [0.05, 0.1) is 0 Å². The van der Waals surface area contributed by atoms with Crippen LogP contribution in [0.2, 0.25) is 0 Å². The third kappa shape index (κ3) is 2.96. The number of halogens is 3. The van der Waals surface area contributed by atoms with Crippen molar-refractivity contribution in [2.24, 2.45) is 11.8 Å². The zero-order chi connectivity index (χ0) is 13.3. The van der Waals surface area contributed by atoms with Gasteiger partial charge in [0.2, 0.25) is 5.91 Å². The molecule has 18 heavy (non-hydrogen) atoms. The van der Waals surface area contributed by atoms with Crippen molar-refractivity contribution >= 4 is 5.91 Å². The zero-order valence-corrected chi connectivity index (χ0v) is 10.4. The number of amides is 1. The smallest absolute Gasteiger partial charge is 0.372 e. The lowest BCUT2D eigenvalue weighted by molar-refractivity contribution is -0.232. The van der Waals surface area contributed by atoms with E-state index in [4.69, 9.17) is 0 Å². The number of piperidine rings is 1. The second-order valence-electron chi connectivity index (χ2n) is 5.13. The van der Waals surface area contributed by atoms with Crippen LogP contribution in [-0.2, 0) is 9.53 Å². The lowest BCUT2D eigenvalue weighted by Crippen LogP contribution is -2.46. The van der Waals surface area contributed by atoms with E-state index in [0.29, 0.717) is 25.9 Å². The Bertz CT molecular complexity index is 307. The molecule has 1 amide bonds. The number of likely N-dealkylation sites (tertiary alicyclic amines) is 1. The van der Waals surface area contributed by atoms with Crippen LogP contribution >= 0.6 is 0 Å². The summed E-state index contributed by atoms with van der Waals surface area (Å²) in [5, 5.41) is 0. The summed E-state index contributed by atoms with van der Waals surface area (Å²) in [6.45, 7) is 0.853. The molecule has 2 fully saturated rings. The second kappa shape index (κ2) is 5.07. The van der Waals surface area contributed by atoms with Crippen LogP contribution in [0, 0.1) is 11.8 Å². The van der Waals surface area contributed by atoms with Gasteiger partial charge in [0.15, 0.2) is 6.10 Å². The molecule has 6 heteroatoms. The molecule has 0 aromatic carbocycles. The average Bonchev–Trinajstić information content (AvgIpc) is 3.12. The summed E-state index contributed by atoms with van der Waals surface area (Å²) in [5.74, 6) is -0.268. The van der Waals surface area contributed by atoms with E-state index >= 15 is 0 Å². The lowest BCUT2D eigenvalue weighted by atomic mass is 9.90. The highest BCUT2D eigenvalue weighted by molar-refractivity contribution is 5.81. The first-order valence-electron chi connectivity index (χ1n) is 6.31. The maximum Gasteiger partial charge on any atom is 0.414 e. The van der Waals surface area contributed by atoms with Gasteiger partial charge in [-0.3, -0.25) is 4.79 Å². The predicted octanol–water partition coefficient (Wildman–Crippen LogP) is 2.21. The molecule has 104 valence electrons. The van der Waals surface area contributed by atoms with Gasteiger partial charge in [-0.1, -0.05) is 0 Å². The van der Waals surface area contributed by atoms with Crippen molar-refractivity contribution in [1.82, 2.24) is 4.90 Å². The predicted molar refractivity (Wildman–Crippen MR) is 58.9 cm³/mol. The topological polar surface area (TPSA) is 29.5 Å². The second-order valence-corrected chi connectivity index (χ2v) is 5.13. The van der Waals surface area contributed by atoms with Crippen LogP contribution in [0.4, 0.5) is 13.2 Å². The summed E-state index contributed by atoms with van der Waals surface area (Å²) in [6.07, 6.45) is -3.41. The first-order chi connectivity index (χ1) is 8.43. The minimum atomic E-state index is -4.32. The van der Waals surface area contributed by atoms with Crippen LogP contribution in [0.25, 0.3) is 0 Å². The highest BCUT2D eigenvalue weighted by Crippen LogP contribution is 2.36. The summed E-state index contributed by atoms with van der Waals surface area (Å²) in [6, 6.07) is 0. The maximum atomic E-state index is 12.7. The molecule has 1 saturated carbocycles. The van der Waals surface area contributed by atoms with Gasteiger partial charge in [0.25, 0.3) is 0 Å². The number of nitrogens with zero attached hydrogens (tertiary/aromatic N) is 1. The van der Waals surface area contributed by atoms with Crippen LogP contribution in [-0.4, -0.2) is 43.3 Å². The normalized spacial score (nSPS) is 24.1. The van der Waals surface area contributed by atoms with Crippen molar-refractivity contribution in [2.45, 2.75) is 38.0 Å². The molecule has 0 aromatic rings. The fraction of sp³-hybridized carbons (Fsp3) is 0.917. The Morgan fingerprint density at radius 3 is 2.17 bits per heavy atom. The van der Waals surface area contributed by atoms with Crippen molar-refractivity contribution in [3.05, 3.63) is 0 Å². The number of hydrogen-bond acceptors (Lipinski definition) is 2. The van der Waals surface area contributed by atoms with Gasteiger partial charge in [-0.05, 0) is 31.6 Å². The average molecular weight is 265 g/mol. The molecule has 1 aliphatic heterocycles. The molecule has 1 heterocycles. The van der Waals surface area contributed by atoms with E-state index in [1.165, 1.54) is 0 Å². The van der Waals surface area contributed by atoms with Crippen molar-refractivity contribution in [3.63, 3.8) is 0 Å². The number of carbonyl (C=O) groups is 1. The minimum absolute atomic E-state index is 0.120. The molecule has 0 radical (unpaired) electrons. The number of carbonyl (C=O) groups excluding carboxylic acids is 1. The molecule has 2 aliphatic rings. The van der Waals surface area contributed by atoms with Gasteiger partial charge in [0.1, 0.15) is 0 Å². The number of hydrogen-bond donors (Lipinski definition) is 0. The molecule has 0 aromatic heterocycles. The maximum absolute atomic E-state index is 12.7. The van der Waals surface area contributed by atoms with E-state index in [1.807, 2.05) is 0 Å². The standard InChI is InChI=1S/C12H18F3NO2/c1-18-10(12(13,14)15)8-4-6-16(7-5-8)11(17)9-2-3-9/h8-10H,2-7H2,1H3. The highest BCUT2D eigenvalue weighted by atomic mass is 19.4. The Morgan fingerprint density at radius 2 is 1.78 bits per heavy atom. The summed E-state index contributed by atoms with van der Waals surface area (Å²) in [4.78, 5) is 13.5. The van der Waals surface area contributed by atoms with E-state index in [2.05, 4.69) is 4.74 Å². The van der Waals surface area contributed by atoms with Crippen molar-refractivity contribution in [1.29, 1.82) is 0 Å². The monoisotopic (exact) mass is 265 g/mol. The molecule has 0 N–H and O–H groups in total. The van der Waals surface area contributed by atoms with E-state index in [1.54, 1.807) is 4.90 Å². The van der Waals surface area contributed by atoms with Gasteiger partial charge in [0, 0.05) is 26.1 Å². The quantitative estimate of drug-likeness (QED) is 0.783. The van der Waals surface area contributed by atoms with E-state index in [-0.39, 0.29) is 11.8 Å². The van der Waals surface area contributed by atoms with E-state index in [9.17, 15) is 18.0 Å². The third-order valence-corrected chi connectivity index (χ3v) is 3.78. The molecule has 1 unspecified atom stereocenters. The Hall–Kier alpha value is -0.780. The van der Waals surface area contributed by atoms with Crippen molar-refractivity contribution in [3.8, 4) is 0 Å². The minimum Gasteiger partial charge on any atom is -0.372 e. The molecular weight excluding hydrogens is 247 g/mol. The Labute approximate surface area is 104 Å². The van der Waals surface area contributed by atoms with Crippen LogP contribution < -0.4 is 0 Å². The van der Waals surface area contributed by atoms with Crippen LogP contribution in [0.5, 0.6) is 0 Å². The molecule has 1 atom stereocenters. The molecule has 1 saturated heterocycles. The summed E-state index contributed by atoms with van der Waals surface area (Å²) < 4.78 is 42.7. The summed E-state index contributed by atoms with van der Waals surface area (Å²) >= 11 is 0. The van der Waals surface area contributed by atoms with Gasteiger partial charge in [-0.2, -0.15) is 13.2 Å².